The summed E-state index contributed by atoms with van der Waals surface area (Å²) < 4.78 is 15.5. The molecule has 3 N–H and O–H groups in total. The number of benzene rings is 2. The Kier molecular flexibility index (Phi) is 11.3. The van der Waals surface area contributed by atoms with Crippen LogP contribution in [0.3, 0.4) is 0 Å². The van der Waals surface area contributed by atoms with Gasteiger partial charge in [-0.25, -0.2) is 4.39 Å². The zero-order valence-electron chi connectivity index (χ0n) is 19.5. The predicted molar refractivity (Wildman–Crippen MR) is 139 cm³/mol. The fourth-order valence-electron chi connectivity index (χ4n) is 3.86. The zero-order valence-corrected chi connectivity index (χ0v) is 21.8. The molecule has 33 heavy (non-hydrogen) atoms. The minimum Gasteiger partial charge on any atom is -0.370 e. The van der Waals surface area contributed by atoms with E-state index in [-0.39, 0.29) is 11.5 Å². The predicted octanol–water partition coefficient (Wildman–Crippen LogP) is 5.58. The molecule has 0 spiro atoms. The molecule has 0 aliphatic rings. The van der Waals surface area contributed by atoms with Crippen LogP contribution in [0, 0.1) is 5.82 Å². The van der Waals surface area contributed by atoms with Crippen LogP contribution < -0.4 is 11.1 Å². The van der Waals surface area contributed by atoms with Crippen molar-refractivity contribution >= 4 is 39.4 Å². The zero-order chi connectivity index (χ0) is 24.4. The van der Waals surface area contributed by atoms with Crippen LogP contribution in [-0.4, -0.2) is 42.4 Å². The first kappa shape index (κ1) is 27.3. The first-order valence-corrected chi connectivity index (χ1v) is 12.5. The van der Waals surface area contributed by atoms with Crippen LogP contribution in [-0.2, 0) is 12.8 Å². The molecule has 0 saturated heterocycles. The normalized spacial score (nSPS) is 12.8. The van der Waals surface area contributed by atoms with Crippen molar-refractivity contribution in [1.82, 2.24) is 10.2 Å². The fraction of sp³-hybridized carbons (Fsp3) is 0.440. The highest BCUT2D eigenvalue weighted by Gasteiger charge is 2.16. The molecule has 0 fully saturated rings. The summed E-state index contributed by atoms with van der Waals surface area (Å²) >= 11 is 9.57. The van der Waals surface area contributed by atoms with Gasteiger partial charge in [-0.3, -0.25) is 15.1 Å². The van der Waals surface area contributed by atoms with Gasteiger partial charge in [0.1, 0.15) is 5.82 Å². The van der Waals surface area contributed by atoms with Gasteiger partial charge in [-0.05, 0) is 81.6 Å². The second-order valence-corrected chi connectivity index (χ2v) is 9.23. The van der Waals surface area contributed by atoms with Gasteiger partial charge >= 0.3 is 0 Å². The lowest BCUT2D eigenvalue weighted by Gasteiger charge is -2.26. The Morgan fingerprint density at radius 2 is 1.97 bits per heavy atom. The molecule has 1 amide bonds. The first-order valence-electron chi connectivity index (χ1n) is 11.3. The van der Waals surface area contributed by atoms with Gasteiger partial charge in [0, 0.05) is 33.2 Å². The summed E-state index contributed by atoms with van der Waals surface area (Å²) in [5, 5.41) is 3.20. The van der Waals surface area contributed by atoms with E-state index in [1.54, 1.807) is 12.1 Å². The van der Waals surface area contributed by atoms with Gasteiger partial charge in [-0.2, -0.15) is 0 Å². The van der Waals surface area contributed by atoms with Crippen molar-refractivity contribution in [3.8, 4) is 0 Å². The number of nitrogens with zero attached hydrogens (tertiary/aromatic N) is 2. The molecule has 5 nitrogen and oxygen atoms in total. The maximum Gasteiger partial charge on any atom is 0.258 e. The Morgan fingerprint density at radius 3 is 2.67 bits per heavy atom. The molecule has 0 aliphatic heterocycles. The summed E-state index contributed by atoms with van der Waals surface area (Å²) in [6, 6.07) is 10.4. The second-order valence-electron chi connectivity index (χ2n) is 7.94. The highest BCUT2D eigenvalue weighted by Crippen LogP contribution is 2.24. The van der Waals surface area contributed by atoms with Crippen molar-refractivity contribution in [1.29, 1.82) is 0 Å². The van der Waals surface area contributed by atoms with Crippen LogP contribution in [0.25, 0.3) is 0 Å². The van der Waals surface area contributed by atoms with Crippen LogP contribution in [0.2, 0.25) is 5.02 Å². The number of aliphatic imine (C=N–C) groups is 1. The van der Waals surface area contributed by atoms with Crippen molar-refractivity contribution in [3.05, 3.63) is 68.4 Å². The minimum atomic E-state index is -0.465. The van der Waals surface area contributed by atoms with Crippen LogP contribution >= 0.6 is 27.5 Å². The molecule has 0 bridgehead atoms. The SMILES string of the molecule is CCN(CC)C(C)CCCN=C(N)NC(=O)c1cccc(F)c1CCc1cc(Cl)ccc1Br. The quantitative estimate of drug-likeness (QED) is 0.222. The molecule has 2 aromatic rings. The molecular weight excluding hydrogens is 507 g/mol. The monoisotopic (exact) mass is 538 g/mol. The Hall–Kier alpha value is -1.96. The molecule has 0 saturated carbocycles. The smallest absolute Gasteiger partial charge is 0.258 e. The van der Waals surface area contributed by atoms with Crippen molar-refractivity contribution in [2.45, 2.75) is 52.5 Å². The Morgan fingerprint density at radius 1 is 1.24 bits per heavy atom. The summed E-state index contributed by atoms with van der Waals surface area (Å²) in [7, 11) is 0. The van der Waals surface area contributed by atoms with Crippen LogP contribution in [0.4, 0.5) is 4.39 Å². The van der Waals surface area contributed by atoms with Gasteiger partial charge < -0.3 is 10.6 Å². The van der Waals surface area contributed by atoms with E-state index in [4.69, 9.17) is 17.3 Å². The van der Waals surface area contributed by atoms with Crippen molar-refractivity contribution in [2.24, 2.45) is 10.7 Å². The van der Waals surface area contributed by atoms with Gasteiger partial charge in [0.2, 0.25) is 0 Å². The van der Waals surface area contributed by atoms with E-state index in [9.17, 15) is 9.18 Å². The van der Waals surface area contributed by atoms with E-state index in [0.29, 0.717) is 36.0 Å². The lowest BCUT2D eigenvalue weighted by molar-refractivity contribution is 0.0975. The van der Waals surface area contributed by atoms with Gasteiger partial charge in [0.15, 0.2) is 5.96 Å². The van der Waals surface area contributed by atoms with Crippen molar-refractivity contribution in [3.63, 3.8) is 0 Å². The third-order valence-electron chi connectivity index (χ3n) is 5.76. The third-order valence-corrected chi connectivity index (χ3v) is 6.76. The number of hydrogen-bond donors (Lipinski definition) is 2. The number of halogens is 3. The summed E-state index contributed by atoms with van der Waals surface area (Å²) in [5.41, 5.74) is 7.45. The molecule has 0 heterocycles. The molecule has 0 radical (unpaired) electrons. The number of carbonyl (C=O) groups excluding carboxylic acids is 1. The van der Waals surface area contributed by atoms with E-state index >= 15 is 0 Å². The van der Waals surface area contributed by atoms with Gasteiger partial charge in [-0.1, -0.05) is 47.4 Å². The van der Waals surface area contributed by atoms with Gasteiger partial charge in [0.25, 0.3) is 5.91 Å². The first-order chi connectivity index (χ1) is 15.8. The summed E-state index contributed by atoms with van der Waals surface area (Å²) in [6.45, 7) is 9.07. The highest BCUT2D eigenvalue weighted by molar-refractivity contribution is 9.10. The number of amides is 1. The Balaban J connectivity index is 1.99. The number of rotatable bonds is 11. The number of aryl methyl sites for hydroxylation is 1. The highest BCUT2D eigenvalue weighted by atomic mass is 79.9. The molecule has 0 aliphatic carbocycles. The third kappa shape index (κ3) is 8.40. The topological polar surface area (TPSA) is 70.7 Å². The van der Waals surface area contributed by atoms with E-state index in [2.05, 4.69) is 51.9 Å². The summed E-state index contributed by atoms with van der Waals surface area (Å²) in [5.74, 6) is -0.850. The molecule has 2 aromatic carbocycles. The average Bonchev–Trinajstić information content (AvgIpc) is 2.78. The van der Waals surface area contributed by atoms with Gasteiger partial charge in [-0.15, -0.1) is 0 Å². The number of guanidine groups is 1. The Bertz CT molecular complexity index is 965. The minimum absolute atomic E-state index is 0.0447. The van der Waals surface area contributed by atoms with Crippen LogP contribution in [0.5, 0.6) is 0 Å². The number of nitrogens with one attached hydrogen (secondary N) is 1. The van der Waals surface area contributed by atoms with Gasteiger partial charge in [0.05, 0.1) is 0 Å². The molecule has 0 aromatic heterocycles. The fourth-order valence-corrected chi connectivity index (χ4v) is 4.50. The molecule has 2 rings (SSSR count). The van der Waals surface area contributed by atoms with E-state index in [1.807, 2.05) is 12.1 Å². The Labute approximate surface area is 209 Å². The van der Waals surface area contributed by atoms with Crippen molar-refractivity contribution < 1.29 is 9.18 Å². The van der Waals surface area contributed by atoms with E-state index in [0.717, 1.165) is 36.0 Å². The average molecular weight is 540 g/mol. The largest absolute Gasteiger partial charge is 0.370 e. The van der Waals surface area contributed by atoms with E-state index < -0.39 is 11.7 Å². The molecule has 1 unspecified atom stereocenters. The van der Waals surface area contributed by atoms with Crippen LogP contribution in [0.15, 0.2) is 45.9 Å². The summed E-state index contributed by atoms with van der Waals surface area (Å²) in [4.78, 5) is 19.5. The molecule has 1 atom stereocenters. The van der Waals surface area contributed by atoms with E-state index in [1.165, 1.54) is 12.1 Å². The molecule has 180 valence electrons. The van der Waals surface area contributed by atoms with Crippen molar-refractivity contribution in [2.75, 3.05) is 19.6 Å². The summed E-state index contributed by atoms with van der Waals surface area (Å²) in [6.07, 6.45) is 2.73. The number of hydrogen-bond acceptors (Lipinski definition) is 3. The molecule has 8 heteroatoms. The number of nitrogens with two attached hydrogens (primary N) is 1. The second kappa shape index (κ2) is 13.7. The standard InChI is InChI=1S/C25H33BrClFN4O/c1-4-32(5-2)17(3)8-7-15-30-25(29)31-24(33)21-9-6-10-23(28)20(21)13-11-18-16-19(27)12-14-22(18)26/h6,9-10,12,14,16-17H,4-5,7-8,11,13,15H2,1-3H3,(H3,29,30,31,33). The maximum atomic E-state index is 14.6. The molecular formula is C25H33BrClFN4O. The lowest BCUT2D eigenvalue weighted by atomic mass is 9.98. The number of carbonyl (C=O) groups is 1. The lowest BCUT2D eigenvalue weighted by Crippen LogP contribution is -2.37. The van der Waals surface area contributed by atoms with Crippen LogP contribution in [0.1, 0.15) is 55.1 Å². The maximum absolute atomic E-state index is 14.6.